The number of Topliss-reactive ketones (excluding diaryl/α,β-unsaturated/α-hetero) is 1. The van der Waals surface area contributed by atoms with Crippen LogP contribution in [0.3, 0.4) is 0 Å². The first-order chi connectivity index (χ1) is 18.8. The van der Waals surface area contributed by atoms with Crippen LogP contribution in [0.1, 0.15) is 35.5 Å². The van der Waals surface area contributed by atoms with E-state index in [4.69, 9.17) is 4.74 Å². The Balaban J connectivity index is 0.000000470. The second kappa shape index (κ2) is 11.7. The average molecular weight is 582 g/mol. The Kier molecular flexibility index (Phi) is 8.47. The number of carbonyl (C=O) groups excluding carboxylic acids is 2. The van der Waals surface area contributed by atoms with Crippen molar-refractivity contribution in [2.75, 3.05) is 31.1 Å². The minimum Gasteiger partial charge on any atom is -0.470 e. The first kappa shape index (κ1) is 29.1. The highest BCUT2D eigenvalue weighted by Gasteiger charge is 2.38. The SMILES string of the molecule is CC(=O)C(C)(F)F.O=C(c1ccccc1C(F)(F)F)N1CC2=C(C1)CN(c1ccc(OCc3cscn3)nn1)C2. The molecule has 3 aromatic rings. The van der Waals surface area contributed by atoms with Crippen molar-refractivity contribution in [3.63, 3.8) is 0 Å². The molecule has 0 atom stereocenters. The molecule has 2 aromatic heterocycles. The largest absolute Gasteiger partial charge is 0.470 e. The van der Waals surface area contributed by atoms with Gasteiger partial charge in [0.1, 0.15) is 6.61 Å². The zero-order valence-electron chi connectivity index (χ0n) is 21.4. The molecule has 5 rings (SSSR count). The van der Waals surface area contributed by atoms with Gasteiger partial charge in [-0.15, -0.1) is 21.5 Å². The number of halogens is 5. The van der Waals surface area contributed by atoms with Crippen LogP contribution < -0.4 is 9.64 Å². The van der Waals surface area contributed by atoms with Gasteiger partial charge in [-0.3, -0.25) is 9.59 Å². The second-order valence-electron chi connectivity index (χ2n) is 9.21. The molecular formula is C26H24F5N5O3S. The van der Waals surface area contributed by atoms with Gasteiger partial charge in [0.2, 0.25) is 5.88 Å². The Labute approximate surface area is 230 Å². The van der Waals surface area contributed by atoms with Crippen molar-refractivity contribution in [1.29, 1.82) is 0 Å². The van der Waals surface area contributed by atoms with Crippen LogP contribution in [0.4, 0.5) is 27.8 Å². The zero-order valence-corrected chi connectivity index (χ0v) is 22.2. The number of benzene rings is 1. The van der Waals surface area contributed by atoms with E-state index in [9.17, 15) is 31.5 Å². The first-order valence-corrected chi connectivity index (χ1v) is 12.9. The normalized spacial score (nSPS) is 15.1. The van der Waals surface area contributed by atoms with Crippen LogP contribution in [0, 0.1) is 0 Å². The fraction of sp³-hybridized carbons (Fsp3) is 0.346. The Morgan fingerprint density at radius 2 is 1.62 bits per heavy atom. The number of alkyl halides is 5. The van der Waals surface area contributed by atoms with Crippen molar-refractivity contribution in [1.82, 2.24) is 20.1 Å². The van der Waals surface area contributed by atoms with Gasteiger partial charge in [-0.1, -0.05) is 12.1 Å². The topological polar surface area (TPSA) is 88.5 Å². The van der Waals surface area contributed by atoms with E-state index in [0.29, 0.717) is 51.4 Å². The number of ether oxygens (including phenoxy) is 1. The van der Waals surface area contributed by atoms with Crippen molar-refractivity contribution in [2.24, 2.45) is 0 Å². The smallest absolute Gasteiger partial charge is 0.417 e. The molecule has 1 aromatic carbocycles. The number of ketones is 1. The van der Waals surface area contributed by atoms with E-state index in [1.165, 1.54) is 34.4 Å². The number of hydrogen-bond acceptors (Lipinski definition) is 8. The minimum absolute atomic E-state index is 0.305. The lowest BCUT2D eigenvalue weighted by Crippen LogP contribution is -2.35. The van der Waals surface area contributed by atoms with Gasteiger partial charge in [0.15, 0.2) is 11.6 Å². The standard InChI is InChI=1S/C22H18F3N5O2S.C4H6F2O/c23-22(24,25)18-4-2-1-3-17(18)21(31)30-9-14-7-29(8-15(14)10-30)19-5-6-20(28-27-19)32-11-16-12-33-13-26-16;1-3(7)4(2,5)6/h1-6,12-13H,7-11H2;1-2H3. The van der Waals surface area contributed by atoms with E-state index in [-0.39, 0.29) is 5.56 Å². The molecule has 0 spiro atoms. The van der Waals surface area contributed by atoms with Gasteiger partial charge in [-0.2, -0.15) is 22.0 Å². The summed E-state index contributed by atoms with van der Waals surface area (Å²) < 4.78 is 68.5. The van der Waals surface area contributed by atoms with Crippen LogP contribution in [-0.4, -0.2) is 63.9 Å². The van der Waals surface area contributed by atoms with E-state index in [2.05, 4.69) is 15.2 Å². The highest BCUT2D eigenvalue weighted by Crippen LogP contribution is 2.34. The summed E-state index contributed by atoms with van der Waals surface area (Å²) in [6.07, 6.45) is -4.58. The number of carbonyl (C=O) groups is 2. The molecule has 2 aliphatic heterocycles. The number of aromatic nitrogens is 3. The second-order valence-corrected chi connectivity index (χ2v) is 9.93. The van der Waals surface area contributed by atoms with Crippen LogP contribution >= 0.6 is 11.3 Å². The van der Waals surface area contributed by atoms with Gasteiger partial charge in [0, 0.05) is 51.5 Å². The molecule has 0 N–H and O–H groups in total. The minimum atomic E-state index is -4.58. The van der Waals surface area contributed by atoms with Gasteiger partial charge < -0.3 is 14.5 Å². The van der Waals surface area contributed by atoms with Crippen molar-refractivity contribution < 1.29 is 36.3 Å². The number of amides is 1. The van der Waals surface area contributed by atoms with Crippen molar-refractivity contribution in [3.8, 4) is 5.88 Å². The molecule has 8 nitrogen and oxygen atoms in total. The summed E-state index contributed by atoms with van der Waals surface area (Å²) in [4.78, 5) is 30.2. The van der Waals surface area contributed by atoms with E-state index in [0.717, 1.165) is 29.8 Å². The number of rotatable bonds is 6. The van der Waals surface area contributed by atoms with Gasteiger partial charge in [0.05, 0.1) is 22.3 Å². The quantitative estimate of drug-likeness (QED) is 0.298. The molecular weight excluding hydrogens is 557 g/mol. The highest BCUT2D eigenvalue weighted by atomic mass is 32.1. The van der Waals surface area contributed by atoms with Gasteiger partial charge in [-0.05, 0) is 29.3 Å². The maximum atomic E-state index is 13.3. The van der Waals surface area contributed by atoms with Crippen molar-refractivity contribution in [2.45, 2.75) is 32.6 Å². The maximum absolute atomic E-state index is 13.3. The third-order valence-corrected chi connectivity index (χ3v) is 6.83. The molecule has 0 fully saturated rings. The third kappa shape index (κ3) is 6.97. The number of anilines is 1. The molecule has 0 unspecified atom stereocenters. The number of nitrogens with zero attached hydrogens (tertiary/aromatic N) is 5. The summed E-state index contributed by atoms with van der Waals surface area (Å²) in [5, 5.41) is 10.2. The fourth-order valence-corrected chi connectivity index (χ4v) is 4.53. The van der Waals surface area contributed by atoms with Crippen LogP contribution in [0.5, 0.6) is 5.88 Å². The summed E-state index contributed by atoms with van der Waals surface area (Å²) in [6, 6.07) is 8.46. The lowest BCUT2D eigenvalue weighted by atomic mass is 10.1. The predicted octanol–water partition coefficient (Wildman–Crippen LogP) is 5.03. The fourth-order valence-electron chi connectivity index (χ4n) is 3.99. The van der Waals surface area contributed by atoms with E-state index >= 15 is 0 Å². The van der Waals surface area contributed by atoms with Crippen molar-refractivity contribution >= 4 is 28.8 Å². The van der Waals surface area contributed by atoms with E-state index in [1.54, 1.807) is 11.6 Å². The number of thiazole rings is 1. The summed E-state index contributed by atoms with van der Waals surface area (Å²) in [6.45, 7) is 3.47. The molecule has 1 amide bonds. The number of hydrogen-bond donors (Lipinski definition) is 0. The molecule has 40 heavy (non-hydrogen) atoms. The molecule has 0 saturated heterocycles. The molecule has 0 radical (unpaired) electrons. The summed E-state index contributed by atoms with van der Waals surface area (Å²) in [5.41, 5.74) is 3.38. The maximum Gasteiger partial charge on any atom is 0.417 e. The van der Waals surface area contributed by atoms with E-state index < -0.39 is 29.4 Å². The van der Waals surface area contributed by atoms with Crippen LogP contribution in [-0.2, 0) is 17.6 Å². The zero-order chi connectivity index (χ0) is 29.1. The molecule has 2 aliphatic rings. The van der Waals surface area contributed by atoms with Crippen LogP contribution in [0.15, 0.2) is 58.4 Å². The molecule has 212 valence electrons. The average Bonchev–Trinajstić information content (AvgIpc) is 3.64. The van der Waals surface area contributed by atoms with E-state index in [1.807, 2.05) is 16.3 Å². The lowest BCUT2D eigenvalue weighted by Gasteiger charge is -2.24. The Hall–Kier alpha value is -3.94. The van der Waals surface area contributed by atoms with Crippen LogP contribution in [0.25, 0.3) is 0 Å². The molecule has 0 aliphatic carbocycles. The lowest BCUT2D eigenvalue weighted by molar-refractivity contribution is -0.138. The summed E-state index contributed by atoms with van der Waals surface area (Å²) in [7, 11) is 0. The highest BCUT2D eigenvalue weighted by molar-refractivity contribution is 7.07. The third-order valence-electron chi connectivity index (χ3n) is 6.20. The van der Waals surface area contributed by atoms with Gasteiger partial charge >= 0.3 is 12.1 Å². The predicted molar refractivity (Wildman–Crippen MR) is 136 cm³/mol. The molecule has 0 saturated carbocycles. The monoisotopic (exact) mass is 581 g/mol. The Morgan fingerprint density at radius 3 is 2.15 bits per heavy atom. The molecule has 0 bridgehead atoms. The Bertz CT molecular complexity index is 1370. The Morgan fingerprint density at radius 1 is 0.975 bits per heavy atom. The first-order valence-electron chi connectivity index (χ1n) is 12.0. The summed E-state index contributed by atoms with van der Waals surface area (Å²) >= 11 is 1.49. The van der Waals surface area contributed by atoms with Crippen LogP contribution in [0.2, 0.25) is 0 Å². The summed E-state index contributed by atoms with van der Waals surface area (Å²) in [5.74, 6) is -3.77. The van der Waals surface area contributed by atoms with Crippen molar-refractivity contribution in [3.05, 3.63) is 75.3 Å². The van der Waals surface area contributed by atoms with Gasteiger partial charge in [0.25, 0.3) is 5.91 Å². The molecule has 14 heteroatoms. The van der Waals surface area contributed by atoms with Gasteiger partial charge in [-0.25, -0.2) is 4.98 Å². The molecule has 4 heterocycles.